The van der Waals surface area contributed by atoms with Crippen LogP contribution in [0, 0.1) is 5.41 Å². The lowest BCUT2D eigenvalue weighted by Gasteiger charge is -2.11. The summed E-state index contributed by atoms with van der Waals surface area (Å²) in [4.78, 5) is 10.5. The molecular formula is C10H12N2O2. The fourth-order valence-corrected chi connectivity index (χ4v) is 1.25. The molecule has 0 saturated carbocycles. The molecule has 0 bridgehead atoms. The fraction of sp³-hybridized carbons (Fsp3) is 0.200. The molecule has 14 heavy (non-hydrogen) atoms. The van der Waals surface area contributed by atoms with Crippen LogP contribution in [0.25, 0.3) is 0 Å². The van der Waals surface area contributed by atoms with Gasteiger partial charge in [-0.1, -0.05) is 12.1 Å². The largest absolute Gasteiger partial charge is 0.495 e. The first-order chi connectivity index (χ1) is 6.74. The fourth-order valence-electron chi connectivity index (χ4n) is 1.25. The number of nitrogens with one attached hydrogen (secondary N) is 2. The van der Waals surface area contributed by atoms with Crippen molar-refractivity contribution >= 4 is 17.7 Å². The van der Waals surface area contributed by atoms with E-state index in [4.69, 9.17) is 10.1 Å². The molecular weight excluding hydrogens is 180 g/mol. The van der Waals surface area contributed by atoms with Crippen LogP contribution in [-0.2, 0) is 4.79 Å². The van der Waals surface area contributed by atoms with Gasteiger partial charge in [0.15, 0.2) is 6.29 Å². The number of ether oxygens (including phenoxy) is 1. The van der Waals surface area contributed by atoms with Gasteiger partial charge >= 0.3 is 0 Å². The molecule has 0 spiro atoms. The van der Waals surface area contributed by atoms with E-state index in [-0.39, 0.29) is 5.71 Å². The molecule has 1 aromatic rings. The molecule has 0 aliphatic carbocycles. The van der Waals surface area contributed by atoms with Gasteiger partial charge < -0.3 is 10.1 Å². The van der Waals surface area contributed by atoms with Gasteiger partial charge in [0.2, 0.25) is 0 Å². The average Bonchev–Trinajstić information content (AvgIpc) is 2.26. The lowest BCUT2D eigenvalue weighted by Crippen LogP contribution is -2.06. The van der Waals surface area contributed by atoms with E-state index in [0.717, 1.165) is 0 Å². The monoisotopic (exact) mass is 192 g/mol. The van der Waals surface area contributed by atoms with Crippen LogP contribution in [-0.4, -0.2) is 26.2 Å². The summed E-state index contributed by atoms with van der Waals surface area (Å²) in [6.07, 6.45) is 0.510. The van der Waals surface area contributed by atoms with Crippen molar-refractivity contribution in [3.05, 3.63) is 23.8 Å². The first kappa shape index (κ1) is 10.2. The van der Waals surface area contributed by atoms with Crippen molar-refractivity contribution in [3.8, 4) is 5.75 Å². The predicted molar refractivity (Wildman–Crippen MR) is 55.4 cm³/mol. The summed E-state index contributed by atoms with van der Waals surface area (Å²) < 4.78 is 5.10. The zero-order valence-corrected chi connectivity index (χ0v) is 8.13. The van der Waals surface area contributed by atoms with E-state index >= 15 is 0 Å². The number of hydrogen-bond donors (Lipinski definition) is 2. The van der Waals surface area contributed by atoms with Crippen LogP contribution in [0.15, 0.2) is 18.2 Å². The van der Waals surface area contributed by atoms with Crippen molar-refractivity contribution in [2.45, 2.75) is 0 Å². The number of para-hydroxylation sites is 1. The predicted octanol–water partition coefficient (Wildman–Crippen LogP) is 1.30. The maximum Gasteiger partial charge on any atom is 0.168 e. The second kappa shape index (κ2) is 4.41. The highest BCUT2D eigenvalue weighted by Crippen LogP contribution is 2.27. The zero-order chi connectivity index (χ0) is 10.6. The lowest BCUT2D eigenvalue weighted by molar-refractivity contribution is -0.102. The first-order valence-electron chi connectivity index (χ1n) is 4.13. The number of aldehydes is 1. The molecule has 2 N–H and O–H groups in total. The molecule has 0 aromatic heterocycles. The number of hydrogen-bond acceptors (Lipinski definition) is 4. The van der Waals surface area contributed by atoms with Crippen molar-refractivity contribution in [3.63, 3.8) is 0 Å². The van der Waals surface area contributed by atoms with E-state index in [1.807, 2.05) is 0 Å². The standard InChI is InChI=1S/C10H12N2O2/c1-12-10-7(8(11)6-13)4-3-5-9(10)14-2/h3-6,11-12H,1-2H3. The Balaban J connectivity index is 3.28. The average molecular weight is 192 g/mol. The van der Waals surface area contributed by atoms with Gasteiger partial charge in [0.05, 0.1) is 12.8 Å². The minimum atomic E-state index is -0.0618. The minimum absolute atomic E-state index is 0.0618. The molecule has 0 aliphatic rings. The van der Waals surface area contributed by atoms with Gasteiger partial charge in [0, 0.05) is 12.6 Å². The number of benzene rings is 1. The van der Waals surface area contributed by atoms with Crippen molar-refractivity contribution in [1.29, 1.82) is 5.41 Å². The van der Waals surface area contributed by atoms with Crippen LogP contribution in [0.5, 0.6) is 5.75 Å². The Kier molecular flexibility index (Phi) is 3.23. The molecule has 0 atom stereocenters. The molecule has 0 radical (unpaired) electrons. The third kappa shape index (κ3) is 1.74. The third-order valence-corrected chi connectivity index (χ3v) is 1.90. The van der Waals surface area contributed by atoms with Crippen molar-refractivity contribution in [2.24, 2.45) is 0 Å². The molecule has 74 valence electrons. The van der Waals surface area contributed by atoms with Crippen LogP contribution < -0.4 is 10.1 Å². The molecule has 4 nitrogen and oxygen atoms in total. The Morgan fingerprint density at radius 3 is 2.79 bits per heavy atom. The van der Waals surface area contributed by atoms with Gasteiger partial charge in [-0.05, 0) is 6.07 Å². The number of methoxy groups -OCH3 is 1. The van der Waals surface area contributed by atoms with Gasteiger partial charge in [0.25, 0.3) is 0 Å². The molecule has 1 rings (SSSR count). The molecule has 1 aromatic carbocycles. The van der Waals surface area contributed by atoms with Crippen LogP contribution in [0.3, 0.4) is 0 Å². The highest BCUT2D eigenvalue weighted by molar-refractivity contribution is 6.36. The Morgan fingerprint density at radius 2 is 2.29 bits per heavy atom. The summed E-state index contributed by atoms with van der Waals surface area (Å²) in [5, 5.41) is 10.3. The van der Waals surface area contributed by atoms with Gasteiger partial charge in [-0.3, -0.25) is 10.2 Å². The molecule has 4 heteroatoms. The van der Waals surface area contributed by atoms with Gasteiger partial charge in [0.1, 0.15) is 11.5 Å². The Hall–Kier alpha value is -1.84. The molecule has 0 aliphatic heterocycles. The summed E-state index contributed by atoms with van der Waals surface area (Å²) in [5.74, 6) is 0.622. The van der Waals surface area contributed by atoms with Gasteiger partial charge in [-0.15, -0.1) is 0 Å². The second-order valence-corrected chi connectivity index (χ2v) is 2.66. The maximum absolute atomic E-state index is 10.5. The van der Waals surface area contributed by atoms with Crippen LogP contribution in [0.1, 0.15) is 5.56 Å². The SMILES string of the molecule is CNc1c(OC)cccc1C(=N)C=O. The summed E-state index contributed by atoms with van der Waals surface area (Å²) >= 11 is 0. The van der Waals surface area contributed by atoms with Crippen molar-refractivity contribution in [1.82, 2.24) is 0 Å². The summed E-state index contributed by atoms with van der Waals surface area (Å²) in [6.45, 7) is 0. The van der Waals surface area contributed by atoms with Gasteiger partial charge in [-0.25, -0.2) is 0 Å². The van der Waals surface area contributed by atoms with E-state index in [9.17, 15) is 4.79 Å². The molecule has 0 unspecified atom stereocenters. The number of carbonyl (C=O) groups is 1. The molecule has 0 amide bonds. The van der Waals surface area contributed by atoms with Crippen molar-refractivity contribution in [2.75, 3.05) is 19.5 Å². The number of carbonyl (C=O) groups excluding carboxylic acids is 1. The second-order valence-electron chi connectivity index (χ2n) is 2.66. The van der Waals surface area contributed by atoms with E-state index in [0.29, 0.717) is 23.3 Å². The zero-order valence-electron chi connectivity index (χ0n) is 8.13. The van der Waals surface area contributed by atoms with E-state index in [2.05, 4.69) is 5.32 Å². The maximum atomic E-state index is 10.5. The highest BCUT2D eigenvalue weighted by atomic mass is 16.5. The molecule has 0 heterocycles. The summed E-state index contributed by atoms with van der Waals surface area (Å²) in [7, 11) is 3.27. The Morgan fingerprint density at radius 1 is 1.57 bits per heavy atom. The van der Waals surface area contributed by atoms with E-state index in [1.165, 1.54) is 0 Å². The van der Waals surface area contributed by atoms with Crippen molar-refractivity contribution < 1.29 is 9.53 Å². The van der Waals surface area contributed by atoms with Crippen LogP contribution in [0.4, 0.5) is 5.69 Å². The minimum Gasteiger partial charge on any atom is -0.495 e. The first-order valence-corrected chi connectivity index (χ1v) is 4.13. The van der Waals surface area contributed by atoms with E-state index in [1.54, 1.807) is 32.4 Å². The topological polar surface area (TPSA) is 62.2 Å². The third-order valence-electron chi connectivity index (χ3n) is 1.90. The molecule has 0 fully saturated rings. The summed E-state index contributed by atoms with van der Waals surface area (Å²) in [5.41, 5.74) is 1.14. The smallest absolute Gasteiger partial charge is 0.168 e. The highest BCUT2D eigenvalue weighted by Gasteiger charge is 2.10. The Labute approximate surface area is 82.4 Å². The quantitative estimate of drug-likeness (QED) is 0.558. The number of anilines is 1. The summed E-state index contributed by atoms with van der Waals surface area (Å²) in [6, 6.07) is 5.21. The Bertz CT molecular complexity index is 361. The number of rotatable bonds is 4. The van der Waals surface area contributed by atoms with E-state index < -0.39 is 0 Å². The lowest BCUT2D eigenvalue weighted by atomic mass is 10.1. The normalized spacial score (nSPS) is 9.29. The van der Waals surface area contributed by atoms with Crippen LogP contribution >= 0.6 is 0 Å². The molecule has 0 saturated heterocycles. The van der Waals surface area contributed by atoms with Crippen LogP contribution in [0.2, 0.25) is 0 Å². The van der Waals surface area contributed by atoms with Gasteiger partial charge in [-0.2, -0.15) is 0 Å².